The Morgan fingerprint density at radius 2 is 1.37 bits per heavy atom. The molecule has 0 bridgehead atoms. The molecule has 302 valence electrons. The molecule has 6 N–H and O–H groups in total. The Kier molecular flexibility index (Phi) is 14.5. The zero-order chi connectivity index (χ0) is 40.1. The second kappa shape index (κ2) is 17.9. The number of rotatable bonds is 7. The maximum absolute atomic E-state index is 13.3. The number of allylic oxidation sites excluding steroid dienone is 2. The monoisotopic (exact) mass is 831 g/mol. The summed E-state index contributed by atoms with van der Waals surface area (Å²) < 4.78 is 66.1. The van der Waals surface area contributed by atoms with Crippen molar-refractivity contribution in [2.24, 2.45) is 22.6 Å². The van der Waals surface area contributed by atoms with E-state index in [0.717, 1.165) is 0 Å². The summed E-state index contributed by atoms with van der Waals surface area (Å²) in [5, 5.41) is 13.3. The number of nitrogens with two attached hydrogens (primary N) is 1. The van der Waals surface area contributed by atoms with Gasteiger partial charge in [0.05, 0.1) is 36.9 Å². The van der Waals surface area contributed by atoms with Gasteiger partial charge in [-0.3, -0.25) is 14.6 Å². The highest BCUT2D eigenvalue weighted by atomic mass is 32.2. The van der Waals surface area contributed by atoms with Crippen molar-refractivity contribution in [3.05, 3.63) is 48.3 Å². The molecule has 13 nitrogen and oxygen atoms in total. The summed E-state index contributed by atoms with van der Waals surface area (Å²) in [5.41, 5.74) is 6.19. The molecule has 0 saturated heterocycles. The number of carbonyl (C=O) groups excluding carboxylic acids is 1. The van der Waals surface area contributed by atoms with Crippen LogP contribution in [0, 0.1) is 17.7 Å². The number of aliphatic imine (C=N–C) groups is 1. The average Bonchev–Trinajstić information content (AvgIpc) is 3.65. The van der Waals surface area contributed by atoms with Crippen molar-refractivity contribution in [2.75, 3.05) is 5.32 Å². The molecular weight excluding hydrogens is 776 g/mol. The van der Waals surface area contributed by atoms with E-state index in [0.29, 0.717) is 83.2 Å². The van der Waals surface area contributed by atoms with E-state index in [9.17, 15) is 30.8 Å². The number of carboxylic acid groups (broad SMARTS) is 1. The quantitative estimate of drug-likeness (QED) is 0.215. The Bertz CT molecular complexity index is 1960. The third-order valence-electron chi connectivity index (χ3n) is 9.60. The summed E-state index contributed by atoms with van der Waals surface area (Å²) in [7, 11) is -6.72. The molecule has 54 heavy (non-hydrogen) atoms. The van der Waals surface area contributed by atoms with Gasteiger partial charge in [0.25, 0.3) is 0 Å². The van der Waals surface area contributed by atoms with Crippen molar-refractivity contribution < 1.29 is 37.3 Å². The lowest BCUT2D eigenvalue weighted by Crippen LogP contribution is -2.46. The molecule has 1 aliphatic heterocycles. The highest BCUT2D eigenvalue weighted by molar-refractivity contribution is 8.14. The first kappa shape index (κ1) is 43.8. The second-order valence-corrected chi connectivity index (χ2v) is 23.0. The first-order valence-electron chi connectivity index (χ1n) is 18.0. The van der Waals surface area contributed by atoms with Crippen molar-refractivity contribution in [2.45, 2.75) is 126 Å². The number of halogens is 1. The summed E-state index contributed by atoms with van der Waals surface area (Å²) in [5.74, 6) is -1.72. The number of carbonyl (C=O) groups is 2. The van der Waals surface area contributed by atoms with Crippen molar-refractivity contribution in [3.63, 3.8) is 0 Å². The normalized spacial score (nSPS) is 25.7. The fraction of sp³-hybridized carbons (Fsp3) is 0.611. The Hall–Kier alpha value is -2.90. The summed E-state index contributed by atoms with van der Waals surface area (Å²) in [6.45, 7) is 9.95. The molecule has 4 aliphatic rings. The molecule has 2 aromatic rings. The first-order valence-corrected chi connectivity index (χ1v) is 22.7. The van der Waals surface area contributed by atoms with Crippen LogP contribution in [0.5, 0.6) is 0 Å². The Labute approximate surface area is 327 Å². The Morgan fingerprint density at radius 3 is 1.87 bits per heavy atom. The summed E-state index contributed by atoms with van der Waals surface area (Å²) in [6.07, 6.45) is 13.1. The number of sulfonamides is 2. The number of hydrogen-bond donors (Lipinski definition) is 5. The predicted octanol–water partition coefficient (Wildman–Crippen LogP) is 6.16. The number of aliphatic carboxylic acids is 1. The van der Waals surface area contributed by atoms with Crippen LogP contribution in [-0.2, 0) is 29.6 Å². The third-order valence-corrected chi connectivity index (χ3v) is 16.1. The van der Waals surface area contributed by atoms with Crippen LogP contribution in [0.2, 0.25) is 0 Å². The van der Waals surface area contributed by atoms with Gasteiger partial charge in [-0.05, 0) is 111 Å². The lowest BCUT2D eigenvalue weighted by atomic mass is 9.86. The number of amidine groups is 1. The number of anilines is 1. The Morgan fingerprint density at radius 1 is 0.852 bits per heavy atom. The van der Waals surface area contributed by atoms with E-state index in [1.54, 1.807) is 59.4 Å². The minimum Gasteiger partial charge on any atom is -0.481 e. The highest BCUT2D eigenvalue weighted by Crippen LogP contribution is 2.31. The van der Waals surface area contributed by atoms with Crippen molar-refractivity contribution >= 4 is 75.5 Å². The van der Waals surface area contributed by atoms with Gasteiger partial charge in [-0.25, -0.2) is 35.7 Å². The molecule has 1 aromatic heterocycles. The van der Waals surface area contributed by atoms with E-state index in [1.165, 1.54) is 23.5 Å². The maximum Gasteiger partial charge on any atom is 0.306 e. The fourth-order valence-corrected chi connectivity index (χ4v) is 9.87. The molecule has 1 amide bonds. The van der Waals surface area contributed by atoms with Crippen molar-refractivity contribution in [1.82, 2.24) is 14.4 Å². The van der Waals surface area contributed by atoms with Crippen LogP contribution < -0.4 is 20.5 Å². The molecule has 6 rings (SSSR count). The number of carboxylic acids is 1. The van der Waals surface area contributed by atoms with Gasteiger partial charge in [0, 0.05) is 19.4 Å². The van der Waals surface area contributed by atoms with E-state index in [-0.39, 0.29) is 37.1 Å². The molecule has 3 aliphatic carbocycles. The number of nitrogens with zero attached hydrogens (tertiary/aromatic N) is 2. The van der Waals surface area contributed by atoms with Crippen LogP contribution in [0.25, 0.3) is 10.2 Å². The highest BCUT2D eigenvalue weighted by Gasteiger charge is 2.35. The van der Waals surface area contributed by atoms with E-state index < -0.39 is 35.5 Å². The topological polar surface area (TPSA) is 210 Å². The number of nitrogens with one attached hydrogen (secondary N) is 3. The van der Waals surface area contributed by atoms with Crippen molar-refractivity contribution in [3.8, 4) is 0 Å². The van der Waals surface area contributed by atoms with Crippen LogP contribution in [0.4, 0.5) is 9.52 Å². The number of aromatic nitrogens is 1. The van der Waals surface area contributed by atoms with Crippen LogP contribution in [0.3, 0.4) is 0 Å². The van der Waals surface area contributed by atoms with Gasteiger partial charge in [0.15, 0.2) is 10.3 Å². The number of fused-ring (bicyclic) bond motifs is 2. The van der Waals surface area contributed by atoms with Crippen LogP contribution in [0.1, 0.15) is 94.3 Å². The molecular formula is C36H55FN6O7S4. The number of thiazole rings is 1. The number of amides is 1. The smallest absolute Gasteiger partial charge is 0.306 e. The third kappa shape index (κ3) is 12.0. The fourth-order valence-electron chi connectivity index (χ4n) is 6.00. The van der Waals surface area contributed by atoms with Crippen molar-refractivity contribution in [1.29, 1.82) is 0 Å². The zero-order valence-corrected chi connectivity index (χ0v) is 34.8. The minimum atomic E-state index is -3.39. The molecule has 2 atom stereocenters. The SMILES string of the molecule is CC(C)(C)S(=O)(=O)NC1CCC(C(=O)Nc2nc3ccc(F)cc3s2)CC1.CC(C)(C)S(=O)(=O)NC1CCC(C(=O)O)CC1.NC1=NC2C=CC=CC2S1.[2HH]. The second-order valence-electron chi connectivity index (χ2n) is 15.8. The first-order chi connectivity index (χ1) is 25.0. The van der Waals surface area contributed by atoms with Gasteiger partial charge in [0.2, 0.25) is 26.0 Å². The van der Waals surface area contributed by atoms with Crippen LogP contribution >= 0.6 is 23.1 Å². The lowest BCUT2D eigenvalue weighted by Gasteiger charge is -2.30. The molecule has 2 saturated carbocycles. The van der Waals surface area contributed by atoms with E-state index in [2.05, 4.69) is 36.9 Å². The molecule has 2 heterocycles. The molecule has 0 radical (unpaired) electrons. The van der Waals surface area contributed by atoms with Gasteiger partial charge in [-0.1, -0.05) is 47.4 Å². The maximum atomic E-state index is 13.3. The molecule has 2 unspecified atom stereocenters. The Balaban J connectivity index is 0.000000246. The van der Waals surface area contributed by atoms with Gasteiger partial charge in [-0.15, -0.1) is 0 Å². The standard InChI is InChI=1S/C18H24FN3O3S2.C11H21NO4S.C7H8N2S.H2/c1-18(2,3)27(24,25)22-13-7-4-11(5-8-13)16(23)21-17-20-14-9-6-12(19)10-15(14)26-17;1-11(2,3)17(15,16)12-9-6-4-8(5-7-9)10(13)14;8-7-9-5-3-1-2-4-6(5)10-7;/h6,9-11,13,22H,4-5,7-8H2,1-3H3,(H,20,21,23);8-9,12H,4-7H2,1-3H3,(H,13,14);1-6H,(H2,8,9);1H/i;;;1+1. The number of thioether (sulfide) groups is 1. The van der Waals surface area contributed by atoms with E-state index in [1.807, 2.05) is 12.2 Å². The minimum absolute atomic E-state index is 0. The van der Waals surface area contributed by atoms with Crippen LogP contribution in [0.15, 0.2) is 47.5 Å². The predicted molar refractivity (Wildman–Crippen MR) is 218 cm³/mol. The van der Waals surface area contributed by atoms with Gasteiger partial charge in [-0.2, -0.15) is 0 Å². The summed E-state index contributed by atoms with van der Waals surface area (Å²) in [4.78, 5) is 31.8. The van der Waals surface area contributed by atoms with Gasteiger partial charge >= 0.3 is 5.97 Å². The summed E-state index contributed by atoms with van der Waals surface area (Å²) >= 11 is 2.88. The molecule has 1 aromatic carbocycles. The van der Waals surface area contributed by atoms with Crippen LogP contribution in [-0.4, -0.2) is 76.8 Å². The number of hydrogen-bond acceptors (Lipinski definition) is 11. The molecule has 0 spiro atoms. The molecule has 18 heteroatoms. The zero-order valence-electron chi connectivity index (χ0n) is 31.5. The lowest BCUT2D eigenvalue weighted by molar-refractivity contribution is -0.142. The average molecular weight is 832 g/mol. The summed E-state index contributed by atoms with van der Waals surface area (Å²) in [6, 6.07) is 4.38. The van der Waals surface area contributed by atoms with E-state index in [4.69, 9.17) is 10.8 Å². The largest absolute Gasteiger partial charge is 0.481 e. The van der Waals surface area contributed by atoms with Gasteiger partial charge in [0.1, 0.15) is 5.82 Å². The number of benzene rings is 1. The van der Waals surface area contributed by atoms with Gasteiger partial charge < -0.3 is 16.2 Å². The molecule has 2 fully saturated rings. The van der Waals surface area contributed by atoms with E-state index >= 15 is 0 Å².